The lowest BCUT2D eigenvalue weighted by Gasteiger charge is -2.34. The van der Waals surface area contributed by atoms with Crippen molar-refractivity contribution in [2.24, 2.45) is 11.7 Å². The third-order valence-electron chi connectivity index (χ3n) is 4.35. The van der Waals surface area contributed by atoms with Crippen LogP contribution in [0.25, 0.3) is 0 Å². The first-order valence-corrected chi connectivity index (χ1v) is 7.03. The minimum Gasteiger partial charge on any atom is -0.379 e. The van der Waals surface area contributed by atoms with Crippen molar-refractivity contribution < 1.29 is 4.74 Å². The average molecular weight is 242 g/mol. The zero-order chi connectivity index (χ0) is 12.9. The molecule has 102 valence electrons. The summed E-state index contributed by atoms with van der Waals surface area (Å²) in [5.74, 6) is 0.709. The van der Waals surface area contributed by atoms with Crippen molar-refractivity contribution in [2.45, 2.75) is 58.1 Å². The van der Waals surface area contributed by atoms with E-state index in [2.05, 4.69) is 25.7 Å². The maximum Gasteiger partial charge on any atom is 0.0634 e. The van der Waals surface area contributed by atoms with E-state index in [1.807, 2.05) is 0 Å². The predicted octanol–water partition coefficient (Wildman–Crippen LogP) is 2.25. The first-order valence-electron chi connectivity index (χ1n) is 7.03. The fourth-order valence-corrected chi connectivity index (χ4v) is 2.85. The highest BCUT2D eigenvalue weighted by atomic mass is 16.5. The molecule has 3 heteroatoms. The molecular formula is C14H30N2O. The maximum atomic E-state index is 5.87. The number of nitrogens with two attached hydrogens (primary N) is 1. The van der Waals surface area contributed by atoms with Crippen LogP contribution in [-0.4, -0.2) is 43.3 Å². The highest BCUT2D eigenvalue weighted by molar-refractivity contribution is 4.86. The minimum absolute atomic E-state index is 0.00969. The summed E-state index contributed by atoms with van der Waals surface area (Å²) in [6.45, 7) is 9.67. The molecule has 1 saturated carbocycles. The average Bonchev–Trinajstić information content (AvgIpc) is 2.78. The van der Waals surface area contributed by atoms with Crippen molar-refractivity contribution in [1.29, 1.82) is 0 Å². The standard InChI is InChI=1S/C14H30N2O/c1-5-16(10-9-14(2,3)17-4)13-8-6-7-12(13)11-15/h12-13H,5-11,15H2,1-4H3. The number of hydrogen-bond acceptors (Lipinski definition) is 3. The second-order valence-electron chi connectivity index (χ2n) is 5.84. The normalized spacial score (nSPS) is 25.8. The van der Waals surface area contributed by atoms with Gasteiger partial charge in [0.05, 0.1) is 5.60 Å². The van der Waals surface area contributed by atoms with Crippen LogP contribution < -0.4 is 5.73 Å². The van der Waals surface area contributed by atoms with Gasteiger partial charge in [0.2, 0.25) is 0 Å². The van der Waals surface area contributed by atoms with Gasteiger partial charge in [-0.05, 0) is 52.1 Å². The van der Waals surface area contributed by atoms with Gasteiger partial charge in [0.1, 0.15) is 0 Å². The molecular weight excluding hydrogens is 212 g/mol. The van der Waals surface area contributed by atoms with Crippen LogP contribution in [0.1, 0.15) is 46.5 Å². The van der Waals surface area contributed by atoms with E-state index in [1.165, 1.54) is 19.3 Å². The van der Waals surface area contributed by atoms with Crippen LogP contribution in [0.15, 0.2) is 0 Å². The van der Waals surface area contributed by atoms with E-state index < -0.39 is 0 Å². The van der Waals surface area contributed by atoms with Crippen LogP contribution in [0.2, 0.25) is 0 Å². The summed E-state index contributed by atoms with van der Waals surface area (Å²) < 4.78 is 5.50. The first kappa shape index (κ1) is 14.9. The predicted molar refractivity (Wildman–Crippen MR) is 73.1 cm³/mol. The van der Waals surface area contributed by atoms with Crippen molar-refractivity contribution in [3.05, 3.63) is 0 Å². The molecule has 0 aromatic rings. The molecule has 2 atom stereocenters. The molecule has 1 fully saturated rings. The van der Waals surface area contributed by atoms with E-state index in [-0.39, 0.29) is 5.60 Å². The van der Waals surface area contributed by atoms with Gasteiger partial charge in [0, 0.05) is 19.7 Å². The van der Waals surface area contributed by atoms with E-state index in [4.69, 9.17) is 10.5 Å². The number of rotatable bonds is 7. The fourth-order valence-electron chi connectivity index (χ4n) is 2.85. The Morgan fingerprint density at radius 3 is 2.59 bits per heavy atom. The maximum absolute atomic E-state index is 5.87. The van der Waals surface area contributed by atoms with E-state index in [0.29, 0.717) is 12.0 Å². The summed E-state index contributed by atoms with van der Waals surface area (Å²) in [5.41, 5.74) is 5.86. The lowest BCUT2D eigenvalue weighted by Crippen LogP contribution is -2.42. The Bertz CT molecular complexity index is 218. The number of methoxy groups -OCH3 is 1. The van der Waals surface area contributed by atoms with Gasteiger partial charge >= 0.3 is 0 Å². The molecule has 0 heterocycles. The SMILES string of the molecule is CCN(CCC(C)(C)OC)C1CCCC1CN. The third kappa shape index (κ3) is 4.23. The highest BCUT2D eigenvalue weighted by Crippen LogP contribution is 2.29. The van der Waals surface area contributed by atoms with Crippen molar-refractivity contribution >= 4 is 0 Å². The first-order chi connectivity index (χ1) is 8.04. The van der Waals surface area contributed by atoms with Crippen LogP contribution in [0.4, 0.5) is 0 Å². The topological polar surface area (TPSA) is 38.5 Å². The van der Waals surface area contributed by atoms with Crippen LogP contribution in [0.5, 0.6) is 0 Å². The Kier molecular flexibility index (Phi) is 5.90. The van der Waals surface area contributed by atoms with E-state index in [0.717, 1.165) is 26.1 Å². The van der Waals surface area contributed by atoms with Gasteiger partial charge in [-0.25, -0.2) is 0 Å². The van der Waals surface area contributed by atoms with Crippen molar-refractivity contribution in [1.82, 2.24) is 4.90 Å². The van der Waals surface area contributed by atoms with Gasteiger partial charge < -0.3 is 15.4 Å². The molecule has 0 aromatic carbocycles. The van der Waals surface area contributed by atoms with Crippen LogP contribution in [-0.2, 0) is 4.74 Å². The van der Waals surface area contributed by atoms with E-state index >= 15 is 0 Å². The monoisotopic (exact) mass is 242 g/mol. The molecule has 0 radical (unpaired) electrons. The Hall–Kier alpha value is -0.120. The quantitative estimate of drug-likeness (QED) is 0.744. The molecule has 0 amide bonds. The zero-order valence-corrected chi connectivity index (χ0v) is 12.0. The molecule has 0 spiro atoms. The number of ether oxygens (including phenoxy) is 1. The van der Waals surface area contributed by atoms with Crippen LogP contribution >= 0.6 is 0 Å². The van der Waals surface area contributed by atoms with Crippen LogP contribution in [0, 0.1) is 5.92 Å². The van der Waals surface area contributed by atoms with E-state index in [9.17, 15) is 0 Å². The Balaban J connectivity index is 2.48. The van der Waals surface area contributed by atoms with Gasteiger partial charge in [-0.3, -0.25) is 0 Å². The number of nitrogens with zero attached hydrogens (tertiary/aromatic N) is 1. The largest absolute Gasteiger partial charge is 0.379 e. The lowest BCUT2D eigenvalue weighted by molar-refractivity contribution is 0.00279. The Morgan fingerprint density at radius 1 is 1.35 bits per heavy atom. The second kappa shape index (κ2) is 6.72. The van der Waals surface area contributed by atoms with Gasteiger partial charge in [0.15, 0.2) is 0 Å². The molecule has 1 aliphatic carbocycles. The molecule has 0 aliphatic heterocycles. The summed E-state index contributed by atoms with van der Waals surface area (Å²) in [7, 11) is 1.80. The van der Waals surface area contributed by atoms with Gasteiger partial charge in [0.25, 0.3) is 0 Å². The molecule has 0 aromatic heterocycles. The van der Waals surface area contributed by atoms with Gasteiger partial charge in [-0.15, -0.1) is 0 Å². The third-order valence-corrected chi connectivity index (χ3v) is 4.35. The van der Waals surface area contributed by atoms with Gasteiger partial charge in [-0.2, -0.15) is 0 Å². The second-order valence-corrected chi connectivity index (χ2v) is 5.84. The minimum atomic E-state index is -0.00969. The number of hydrogen-bond donors (Lipinski definition) is 1. The van der Waals surface area contributed by atoms with Crippen LogP contribution in [0.3, 0.4) is 0 Å². The lowest BCUT2D eigenvalue weighted by atomic mass is 10.00. The van der Waals surface area contributed by atoms with Gasteiger partial charge in [-0.1, -0.05) is 13.3 Å². The van der Waals surface area contributed by atoms with Crippen molar-refractivity contribution in [3.8, 4) is 0 Å². The zero-order valence-electron chi connectivity index (χ0n) is 12.0. The summed E-state index contributed by atoms with van der Waals surface area (Å²) in [6, 6.07) is 0.706. The van der Waals surface area contributed by atoms with Crippen molar-refractivity contribution in [3.63, 3.8) is 0 Å². The summed E-state index contributed by atoms with van der Waals surface area (Å²) in [5, 5.41) is 0. The fraction of sp³-hybridized carbons (Fsp3) is 1.00. The molecule has 1 aliphatic rings. The smallest absolute Gasteiger partial charge is 0.0634 e. The summed E-state index contributed by atoms with van der Waals surface area (Å²) in [6.07, 6.45) is 5.07. The Labute approximate surface area is 107 Å². The highest BCUT2D eigenvalue weighted by Gasteiger charge is 2.31. The molecule has 1 rings (SSSR count). The van der Waals surface area contributed by atoms with Crippen molar-refractivity contribution in [2.75, 3.05) is 26.7 Å². The molecule has 17 heavy (non-hydrogen) atoms. The summed E-state index contributed by atoms with van der Waals surface area (Å²) in [4.78, 5) is 2.60. The summed E-state index contributed by atoms with van der Waals surface area (Å²) >= 11 is 0. The molecule has 0 saturated heterocycles. The molecule has 2 unspecified atom stereocenters. The molecule has 3 nitrogen and oxygen atoms in total. The molecule has 0 bridgehead atoms. The molecule has 2 N–H and O–H groups in total. The Morgan fingerprint density at radius 2 is 2.06 bits per heavy atom. The van der Waals surface area contributed by atoms with E-state index in [1.54, 1.807) is 7.11 Å².